The van der Waals surface area contributed by atoms with E-state index in [2.05, 4.69) is 16.8 Å². The summed E-state index contributed by atoms with van der Waals surface area (Å²) in [6.07, 6.45) is 1.54. The van der Waals surface area contributed by atoms with Crippen LogP contribution in [0.3, 0.4) is 0 Å². The second-order valence-electron chi connectivity index (χ2n) is 4.00. The lowest BCUT2D eigenvalue weighted by Gasteiger charge is -2.26. The summed E-state index contributed by atoms with van der Waals surface area (Å²) in [7, 11) is -0.819. The fourth-order valence-electron chi connectivity index (χ4n) is 1.80. The Bertz CT molecular complexity index is 552. The minimum absolute atomic E-state index is 0.195. The molecule has 0 saturated carbocycles. The van der Waals surface area contributed by atoms with E-state index in [1.165, 1.54) is 0 Å². The van der Waals surface area contributed by atoms with Crippen molar-refractivity contribution in [3.8, 4) is 11.8 Å². The summed E-state index contributed by atoms with van der Waals surface area (Å²) in [5.41, 5.74) is 0.796. The second kappa shape index (κ2) is 6.45. The van der Waals surface area contributed by atoms with Crippen molar-refractivity contribution < 1.29 is 14.1 Å². The van der Waals surface area contributed by atoms with Gasteiger partial charge in [0.15, 0.2) is 0 Å². The highest BCUT2D eigenvalue weighted by Crippen LogP contribution is 2.10. The lowest BCUT2D eigenvalue weighted by Crippen LogP contribution is -2.42. The maximum absolute atomic E-state index is 12.3. The first kappa shape index (κ1) is 13.7. The van der Waals surface area contributed by atoms with Crippen LogP contribution in [0, 0.1) is 11.8 Å². The normalized spacial score (nSPS) is 15.7. The Hall–Kier alpha value is -1.71. The van der Waals surface area contributed by atoms with Crippen molar-refractivity contribution in [1.29, 1.82) is 0 Å². The molecule has 0 bridgehead atoms. The Morgan fingerprint density at radius 3 is 2.89 bits per heavy atom. The minimum atomic E-state index is -0.819. The summed E-state index contributed by atoms with van der Waals surface area (Å²) in [4.78, 5) is 18.0. The van der Waals surface area contributed by atoms with Gasteiger partial charge in [0.05, 0.1) is 5.56 Å². The first-order valence-electron chi connectivity index (χ1n) is 5.91. The van der Waals surface area contributed by atoms with Crippen molar-refractivity contribution in [2.75, 3.05) is 31.2 Å². The zero-order valence-electron chi connectivity index (χ0n) is 10.3. The van der Waals surface area contributed by atoms with Crippen molar-refractivity contribution >= 4 is 16.7 Å². The van der Waals surface area contributed by atoms with Crippen LogP contribution in [-0.2, 0) is 10.8 Å². The molecule has 19 heavy (non-hydrogen) atoms. The highest BCUT2D eigenvalue weighted by molar-refractivity contribution is 7.85. The fourth-order valence-corrected chi connectivity index (χ4v) is 2.85. The van der Waals surface area contributed by atoms with Crippen molar-refractivity contribution in [2.24, 2.45) is 0 Å². The van der Waals surface area contributed by atoms with E-state index in [0.29, 0.717) is 30.2 Å². The molecule has 0 spiro atoms. The van der Waals surface area contributed by atoms with E-state index in [1.54, 1.807) is 23.2 Å². The SMILES string of the molecule is O=C(c1ncccc1C#CCO)N1CCS(=O)CC1. The molecule has 2 rings (SSSR count). The second-order valence-corrected chi connectivity index (χ2v) is 5.70. The Balaban J connectivity index is 2.21. The van der Waals surface area contributed by atoms with Crippen LogP contribution >= 0.6 is 0 Å². The molecule has 6 heteroatoms. The third-order valence-electron chi connectivity index (χ3n) is 2.78. The third kappa shape index (κ3) is 3.40. The topological polar surface area (TPSA) is 70.5 Å². The minimum Gasteiger partial charge on any atom is -0.384 e. The largest absolute Gasteiger partial charge is 0.384 e. The highest BCUT2D eigenvalue weighted by Gasteiger charge is 2.23. The first-order chi connectivity index (χ1) is 9.22. The fraction of sp³-hybridized carbons (Fsp3) is 0.385. The van der Waals surface area contributed by atoms with Gasteiger partial charge in [0.1, 0.15) is 12.3 Å². The average molecular weight is 278 g/mol. The number of amides is 1. The molecule has 1 N–H and O–H groups in total. The molecule has 0 atom stereocenters. The molecule has 0 aromatic carbocycles. The van der Waals surface area contributed by atoms with E-state index in [-0.39, 0.29) is 18.2 Å². The van der Waals surface area contributed by atoms with Crippen LogP contribution in [0.4, 0.5) is 0 Å². The van der Waals surface area contributed by atoms with Gasteiger partial charge in [0.2, 0.25) is 0 Å². The molecule has 1 amide bonds. The van der Waals surface area contributed by atoms with Crippen LogP contribution < -0.4 is 0 Å². The maximum atomic E-state index is 12.3. The van der Waals surface area contributed by atoms with Crippen molar-refractivity contribution in [2.45, 2.75) is 0 Å². The Labute approximate surface area is 114 Å². The van der Waals surface area contributed by atoms with Gasteiger partial charge in [-0.05, 0) is 12.1 Å². The molecule has 0 aliphatic carbocycles. The number of rotatable bonds is 1. The molecule has 1 aromatic rings. The Morgan fingerprint density at radius 1 is 1.47 bits per heavy atom. The molecule has 1 aliphatic rings. The Kier molecular flexibility index (Phi) is 4.66. The molecule has 0 radical (unpaired) electrons. The van der Waals surface area contributed by atoms with Gasteiger partial charge < -0.3 is 10.0 Å². The van der Waals surface area contributed by atoms with Crippen LogP contribution in [0.2, 0.25) is 0 Å². The number of aromatic nitrogens is 1. The van der Waals surface area contributed by atoms with E-state index in [9.17, 15) is 9.00 Å². The number of hydrogen-bond donors (Lipinski definition) is 1. The van der Waals surface area contributed by atoms with Crippen molar-refractivity contribution in [1.82, 2.24) is 9.88 Å². The molecule has 1 aromatic heterocycles. The standard InChI is InChI=1S/C13H14N2O3S/c16-8-2-4-11-3-1-5-14-12(11)13(17)15-6-9-19(18)10-7-15/h1,3,5,16H,6-10H2. The number of carbonyl (C=O) groups is 1. The van der Waals surface area contributed by atoms with Gasteiger partial charge in [-0.3, -0.25) is 9.00 Å². The number of nitrogens with zero attached hydrogens (tertiary/aromatic N) is 2. The summed E-state index contributed by atoms with van der Waals surface area (Å²) in [5, 5.41) is 8.71. The monoisotopic (exact) mass is 278 g/mol. The number of aliphatic hydroxyl groups excluding tert-OH is 1. The van der Waals surface area contributed by atoms with Crippen LogP contribution in [0.15, 0.2) is 18.3 Å². The molecular formula is C13H14N2O3S. The molecule has 0 unspecified atom stereocenters. The number of hydrogen-bond acceptors (Lipinski definition) is 4. The maximum Gasteiger partial charge on any atom is 0.273 e. The van der Waals surface area contributed by atoms with Gasteiger partial charge in [0, 0.05) is 41.6 Å². The zero-order valence-corrected chi connectivity index (χ0v) is 11.2. The quantitative estimate of drug-likeness (QED) is 0.712. The molecule has 5 nitrogen and oxygen atoms in total. The summed E-state index contributed by atoms with van der Waals surface area (Å²) in [5.74, 6) is 6.06. The van der Waals surface area contributed by atoms with Gasteiger partial charge in [-0.2, -0.15) is 0 Å². The average Bonchev–Trinajstić information content (AvgIpc) is 2.45. The van der Waals surface area contributed by atoms with E-state index < -0.39 is 10.8 Å². The van der Waals surface area contributed by atoms with Crippen LogP contribution in [0.5, 0.6) is 0 Å². The smallest absolute Gasteiger partial charge is 0.273 e. The van der Waals surface area contributed by atoms with Crippen LogP contribution in [-0.4, -0.2) is 56.3 Å². The molecular weight excluding hydrogens is 264 g/mol. The molecule has 1 aliphatic heterocycles. The Morgan fingerprint density at radius 2 is 2.21 bits per heavy atom. The molecule has 2 heterocycles. The van der Waals surface area contributed by atoms with Crippen LogP contribution in [0.25, 0.3) is 0 Å². The predicted molar refractivity (Wildman–Crippen MR) is 72.0 cm³/mol. The van der Waals surface area contributed by atoms with E-state index in [0.717, 1.165) is 0 Å². The predicted octanol–water partition coefficient (Wildman–Crippen LogP) is -0.370. The van der Waals surface area contributed by atoms with Crippen molar-refractivity contribution in [3.05, 3.63) is 29.6 Å². The van der Waals surface area contributed by atoms with Gasteiger partial charge >= 0.3 is 0 Å². The number of aliphatic hydroxyl groups is 1. The van der Waals surface area contributed by atoms with E-state index >= 15 is 0 Å². The summed E-state index contributed by atoms with van der Waals surface area (Å²) < 4.78 is 11.3. The summed E-state index contributed by atoms with van der Waals surface area (Å²) >= 11 is 0. The highest BCUT2D eigenvalue weighted by atomic mass is 32.2. The van der Waals surface area contributed by atoms with Crippen molar-refractivity contribution in [3.63, 3.8) is 0 Å². The number of carbonyl (C=O) groups excluding carboxylic acids is 1. The van der Waals surface area contributed by atoms with Gasteiger partial charge in [0.25, 0.3) is 5.91 Å². The third-order valence-corrected chi connectivity index (χ3v) is 4.05. The number of pyridine rings is 1. The zero-order chi connectivity index (χ0) is 13.7. The van der Waals surface area contributed by atoms with Gasteiger partial charge in [-0.25, -0.2) is 4.98 Å². The van der Waals surface area contributed by atoms with Gasteiger partial charge in [-0.1, -0.05) is 11.8 Å². The molecule has 100 valence electrons. The first-order valence-corrected chi connectivity index (χ1v) is 7.40. The molecule has 1 saturated heterocycles. The van der Waals surface area contributed by atoms with E-state index in [1.807, 2.05) is 0 Å². The lowest BCUT2D eigenvalue weighted by atomic mass is 10.1. The summed E-state index contributed by atoms with van der Waals surface area (Å²) in [6, 6.07) is 3.40. The summed E-state index contributed by atoms with van der Waals surface area (Å²) in [6.45, 7) is 0.703. The van der Waals surface area contributed by atoms with Gasteiger partial charge in [-0.15, -0.1) is 0 Å². The van der Waals surface area contributed by atoms with E-state index in [4.69, 9.17) is 5.11 Å². The lowest BCUT2D eigenvalue weighted by molar-refractivity contribution is 0.0765. The van der Waals surface area contributed by atoms with Crippen LogP contribution in [0.1, 0.15) is 16.1 Å². The molecule has 1 fully saturated rings.